The molecule has 7 nitrogen and oxygen atoms in total. The predicted octanol–water partition coefficient (Wildman–Crippen LogP) is 0.753. The number of aliphatic carboxylic acids is 1. The minimum Gasteiger partial charge on any atom is -0.481 e. The molecule has 0 bridgehead atoms. The van der Waals surface area contributed by atoms with Crippen LogP contribution in [0, 0.1) is 0 Å². The highest BCUT2D eigenvalue weighted by atomic mass is 32.2. The molecule has 8 heteroatoms. The maximum Gasteiger partial charge on any atom is 0.305 e. The summed E-state index contributed by atoms with van der Waals surface area (Å²) in [7, 11) is -3.44. The molecule has 0 atom stereocenters. The highest BCUT2D eigenvalue weighted by molar-refractivity contribution is 7.89. The molecular formula is C12H17N3O4S. The molecule has 1 aliphatic heterocycles. The summed E-state index contributed by atoms with van der Waals surface area (Å²) in [5.74, 6) is -0.433. The fraction of sp³-hybridized carbons (Fsp3) is 0.500. The molecule has 0 radical (unpaired) electrons. The zero-order valence-corrected chi connectivity index (χ0v) is 11.8. The van der Waals surface area contributed by atoms with Crippen LogP contribution in [0.5, 0.6) is 0 Å². The molecule has 2 rings (SSSR count). The average Bonchev–Trinajstić information content (AvgIpc) is 2.93. The van der Waals surface area contributed by atoms with E-state index in [0.717, 1.165) is 12.8 Å². The Morgan fingerprint density at radius 2 is 2.05 bits per heavy atom. The van der Waals surface area contributed by atoms with Crippen molar-refractivity contribution >= 4 is 21.8 Å². The van der Waals surface area contributed by atoms with Crippen molar-refractivity contribution in [3.05, 3.63) is 18.3 Å². The molecule has 1 fully saturated rings. The number of nitrogens with zero attached hydrogens (tertiary/aromatic N) is 2. The number of sulfonamides is 1. The Labute approximate surface area is 117 Å². The summed E-state index contributed by atoms with van der Waals surface area (Å²) in [5.41, 5.74) is 0. The third-order valence-corrected chi connectivity index (χ3v) is 4.97. The van der Waals surface area contributed by atoms with E-state index in [-0.39, 0.29) is 17.9 Å². The number of nitrogens with one attached hydrogen (secondary N) is 1. The van der Waals surface area contributed by atoms with Crippen LogP contribution in [0.2, 0.25) is 0 Å². The van der Waals surface area contributed by atoms with E-state index in [1.54, 1.807) is 6.07 Å². The first-order valence-electron chi connectivity index (χ1n) is 6.42. The molecular weight excluding hydrogens is 282 g/mol. The molecule has 2 heterocycles. The molecule has 0 unspecified atom stereocenters. The second-order valence-electron chi connectivity index (χ2n) is 4.56. The summed E-state index contributed by atoms with van der Waals surface area (Å²) in [4.78, 5) is 14.5. The third-order valence-electron chi connectivity index (χ3n) is 3.08. The summed E-state index contributed by atoms with van der Waals surface area (Å²) < 4.78 is 25.9. The monoisotopic (exact) mass is 299 g/mol. The molecule has 1 aromatic rings. The number of rotatable bonds is 6. The van der Waals surface area contributed by atoms with Crippen molar-refractivity contribution in [3.8, 4) is 0 Å². The van der Waals surface area contributed by atoms with E-state index >= 15 is 0 Å². The first-order chi connectivity index (χ1) is 9.50. The number of pyridine rings is 1. The van der Waals surface area contributed by atoms with Crippen LogP contribution >= 0.6 is 0 Å². The smallest absolute Gasteiger partial charge is 0.305 e. The molecule has 0 amide bonds. The van der Waals surface area contributed by atoms with Crippen LogP contribution in [-0.2, 0) is 14.8 Å². The second kappa shape index (κ2) is 6.19. The van der Waals surface area contributed by atoms with Crippen LogP contribution in [0.25, 0.3) is 0 Å². The number of carboxylic acids is 1. The van der Waals surface area contributed by atoms with E-state index in [1.165, 1.54) is 16.6 Å². The fourth-order valence-electron chi connectivity index (χ4n) is 2.01. The quantitative estimate of drug-likeness (QED) is 0.804. The second-order valence-corrected chi connectivity index (χ2v) is 6.50. The van der Waals surface area contributed by atoms with E-state index < -0.39 is 16.0 Å². The van der Waals surface area contributed by atoms with Gasteiger partial charge in [0.05, 0.1) is 6.42 Å². The summed E-state index contributed by atoms with van der Waals surface area (Å²) in [6.45, 7) is 1.36. The Morgan fingerprint density at radius 3 is 2.60 bits per heavy atom. The van der Waals surface area contributed by atoms with E-state index in [2.05, 4.69) is 10.3 Å². The molecule has 0 aromatic carbocycles. The lowest BCUT2D eigenvalue weighted by Crippen LogP contribution is -2.27. The van der Waals surface area contributed by atoms with Gasteiger partial charge in [-0.2, -0.15) is 4.31 Å². The van der Waals surface area contributed by atoms with Crippen molar-refractivity contribution in [2.75, 3.05) is 25.0 Å². The van der Waals surface area contributed by atoms with Crippen molar-refractivity contribution in [2.24, 2.45) is 0 Å². The molecule has 2 N–H and O–H groups in total. The number of carboxylic acid groups (broad SMARTS) is 1. The number of aromatic nitrogens is 1. The van der Waals surface area contributed by atoms with Gasteiger partial charge in [0.2, 0.25) is 10.0 Å². The Balaban J connectivity index is 2.02. The van der Waals surface area contributed by atoms with Crippen molar-refractivity contribution in [1.82, 2.24) is 9.29 Å². The maximum atomic E-state index is 12.2. The number of anilines is 1. The first kappa shape index (κ1) is 14.7. The van der Waals surface area contributed by atoms with E-state index in [0.29, 0.717) is 18.9 Å². The highest BCUT2D eigenvalue weighted by Crippen LogP contribution is 2.20. The molecule has 110 valence electrons. The molecule has 20 heavy (non-hydrogen) atoms. The van der Waals surface area contributed by atoms with Crippen LogP contribution in [0.4, 0.5) is 5.82 Å². The van der Waals surface area contributed by atoms with Gasteiger partial charge in [-0.1, -0.05) is 0 Å². The topological polar surface area (TPSA) is 99.6 Å². The lowest BCUT2D eigenvalue weighted by molar-refractivity contribution is -0.136. The largest absolute Gasteiger partial charge is 0.481 e. The van der Waals surface area contributed by atoms with Crippen LogP contribution in [0.1, 0.15) is 19.3 Å². The standard InChI is InChI=1S/C12H17N3O4S/c16-12(17)5-6-13-11-4-3-10(9-14-11)20(18,19)15-7-1-2-8-15/h3-4,9H,1-2,5-8H2,(H,13,14)(H,16,17). The van der Waals surface area contributed by atoms with Gasteiger partial charge < -0.3 is 10.4 Å². The number of hydrogen-bond acceptors (Lipinski definition) is 5. The van der Waals surface area contributed by atoms with Gasteiger partial charge in [-0.25, -0.2) is 13.4 Å². The number of carbonyl (C=O) groups is 1. The lowest BCUT2D eigenvalue weighted by Gasteiger charge is -2.15. The van der Waals surface area contributed by atoms with Crippen molar-refractivity contribution in [2.45, 2.75) is 24.2 Å². The van der Waals surface area contributed by atoms with Gasteiger partial charge in [-0.05, 0) is 25.0 Å². The summed E-state index contributed by atoms with van der Waals surface area (Å²) >= 11 is 0. The summed E-state index contributed by atoms with van der Waals surface area (Å²) in [5, 5.41) is 11.3. The van der Waals surface area contributed by atoms with Gasteiger partial charge in [0.15, 0.2) is 0 Å². The van der Waals surface area contributed by atoms with Crippen molar-refractivity contribution in [1.29, 1.82) is 0 Å². The summed E-state index contributed by atoms with van der Waals surface area (Å²) in [6, 6.07) is 3.04. The fourth-order valence-corrected chi connectivity index (χ4v) is 3.48. The molecule has 0 spiro atoms. The van der Waals surface area contributed by atoms with Gasteiger partial charge in [-0.15, -0.1) is 0 Å². The number of hydrogen-bond donors (Lipinski definition) is 2. The van der Waals surface area contributed by atoms with Crippen molar-refractivity contribution < 1.29 is 18.3 Å². The van der Waals surface area contributed by atoms with Crippen molar-refractivity contribution in [3.63, 3.8) is 0 Å². The normalized spacial score (nSPS) is 16.2. The van der Waals surface area contributed by atoms with E-state index in [4.69, 9.17) is 5.11 Å². The van der Waals surface area contributed by atoms with Gasteiger partial charge in [0.1, 0.15) is 10.7 Å². The minimum absolute atomic E-state index is 0.0183. The zero-order valence-electron chi connectivity index (χ0n) is 10.9. The van der Waals surface area contributed by atoms with Gasteiger partial charge in [0.25, 0.3) is 0 Å². The first-order valence-corrected chi connectivity index (χ1v) is 7.86. The van der Waals surface area contributed by atoms with Gasteiger partial charge in [-0.3, -0.25) is 4.79 Å². The zero-order chi connectivity index (χ0) is 14.6. The van der Waals surface area contributed by atoms with Crippen LogP contribution < -0.4 is 5.32 Å². The molecule has 0 saturated carbocycles. The van der Waals surface area contributed by atoms with Gasteiger partial charge >= 0.3 is 5.97 Å². The predicted molar refractivity (Wildman–Crippen MR) is 73.0 cm³/mol. The Hall–Kier alpha value is -1.67. The lowest BCUT2D eigenvalue weighted by atomic mass is 10.4. The van der Waals surface area contributed by atoms with Crippen LogP contribution in [0.15, 0.2) is 23.2 Å². The summed E-state index contributed by atoms with van der Waals surface area (Å²) in [6.07, 6.45) is 3.06. The van der Waals surface area contributed by atoms with E-state index in [9.17, 15) is 13.2 Å². The molecule has 0 aliphatic carbocycles. The average molecular weight is 299 g/mol. The Kier molecular flexibility index (Phi) is 4.56. The van der Waals surface area contributed by atoms with E-state index in [1.807, 2.05) is 0 Å². The SMILES string of the molecule is O=C(O)CCNc1ccc(S(=O)(=O)N2CCCC2)cn1. The van der Waals surface area contributed by atoms with Crippen LogP contribution in [0.3, 0.4) is 0 Å². The Bertz CT molecular complexity index is 565. The van der Waals surface area contributed by atoms with Crippen LogP contribution in [-0.4, -0.2) is 48.4 Å². The Morgan fingerprint density at radius 1 is 1.35 bits per heavy atom. The highest BCUT2D eigenvalue weighted by Gasteiger charge is 2.27. The molecule has 1 aliphatic rings. The maximum absolute atomic E-state index is 12.2. The third kappa shape index (κ3) is 3.45. The minimum atomic E-state index is -3.44. The van der Waals surface area contributed by atoms with Gasteiger partial charge in [0, 0.05) is 25.8 Å². The molecule has 1 saturated heterocycles. The molecule has 1 aromatic heterocycles.